The molecule has 3 rings (SSSR count). The smallest absolute Gasteiger partial charge is 0.129 e. The Morgan fingerprint density at radius 2 is 2.19 bits per heavy atom. The number of aryl methyl sites for hydroxylation is 1. The summed E-state index contributed by atoms with van der Waals surface area (Å²) in [7, 11) is 0. The molecule has 0 amide bonds. The second-order valence-electron chi connectivity index (χ2n) is 4.68. The van der Waals surface area contributed by atoms with Gasteiger partial charge in [0, 0.05) is 13.1 Å². The van der Waals surface area contributed by atoms with E-state index in [0.717, 1.165) is 26.3 Å². The van der Waals surface area contributed by atoms with Gasteiger partial charge in [-0.2, -0.15) is 0 Å². The highest BCUT2D eigenvalue weighted by Crippen LogP contribution is 2.39. The third-order valence-electron chi connectivity index (χ3n) is 3.31. The van der Waals surface area contributed by atoms with Crippen LogP contribution in [0.2, 0.25) is 0 Å². The molecule has 1 aromatic carbocycles. The minimum Gasteiger partial charge on any atom is -0.372 e. The minimum atomic E-state index is -0.0692. The van der Waals surface area contributed by atoms with Crippen molar-refractivity contribution in [2.24, 2.45) is 0 Å². The predicted octanol–water partition coefficient (Wildman–Crippen LogP) is 1.21. The van der Waals surface area contributed by atoms with Crippen molar-refractivity contribution in [3.63, 3.8) is 0 Å². The van der Waals surface area contributed by atoms with Crippen LogP contribution in [0.15, 0.2) is 24.3 Å². The Bertz CT molecular complexity index is 383. The lowest BCUT2D eigenvalue weighted by Gasteiger charge is -2.15. The topological polar surface area (TPSA) is 37.1 Å². The van der Waals surface area contributed by atoms with Crippen LogP contribution in [0.5, 0.6) is 0 Å². The maximum atomic E-state index is 5.66. The fourth-order valence-electron chi connectivity index (χ4n) is 2.14. The molecule has 2 heterocycles. The standard InChI is InChI=1S/C13H17NO2/c1-10-4-2-3-5-12(10)13(9-16-13)8-14-6-11-7-15-11/h2-5,11,14H,6-9H2,1H3. The number of nitrogens with one attached hydrogen (secondary N) is 1. The zero-order valence-electron chi connectivity index (χ0n) is 9.53. The molecule has 0 aromatic heterocycles. The summed E-state index contributed by atoms with van der Waals surface area (Å²) in [4.78, 5) is 0. The highest BCUT2D eigenvalue weighted by molar-refractivity contribution is 5.34. The first kappa shape index (κ1) is 10.3. The molecule has 16 heavy (non-hydrogen) atoms. The van der Waals surface area contributed by atoms with Crippen LogP contribution in [0, 0.1) is 6.92 Å². The van der Waals surface area contributed by atoms with Crippen LogP contribution in [-0.2, 0) is 15.1 Å². The third kappa shape index (κ3) is 1.98. The van der Waals surface area contributed by atoms with Gasteiger partial charge in [0.15, 0.2) is 0 Å². The van der Waals surface area contributed by atoms with Crippen LogP contribution in [0.4, 0.5) is 0 Å². The van der Waals surface area contributed by atoms with Gasteiger partial charge in [-0.1, -0.05) is 24.3 Å². The summed E-state index contributed by atoms with van der Waals surface area (Å²) in [5.41, 5.74) is 2.56. The van der Waals surface area contributed by atoms with E-state index < -0.39 is 0 Å². The van der Waals surface area contributed by atoms with Crippen LogP contribution >= 0.6 is 0 Å². The number of hydrogen-bond acceptors (Lipinski definition) is 3. The molecule has 2 aliphatic heterocycles. The molecule has 2 unspecified atom stereocenters. The largest absolute Gasteiger partial charge is 0.372 e. The molecule has 0 radical (unpaired) electrons. The molecule has 2 atom stereocenters. The van der Waals surface area contributed by atoms with Gasteiger partial charge in [0.25, 0.3) is 0 Å². The summed E-state index contributed by atoms with van der Waals surface area (Å²) in [5.74, 6) is 0. The van der Waals surface area contributed by atoms with Crippen molar-refractivity contribution in [3.05, 3.63) is 35.4 Å². The second-order valence-corrected chi connectivity index (χ2v) is 4.68. The van der Waals surface area contributed by atoms with E-state index in [0.29, 0.717) is 6.10 Å². The molecule has 2 saturated heterocycles. The Balaban J connectivity index is 1.65. The van der Waals surface area contributed by atoms with Crippen molar-refractivity contribution in [2.75, 3.05) is 26.3 Å². The predicted molar refractivity (Wildman–Crippen MR) is 61.4 cm³/mol. The van der Waals surface area contributed by atoms with Crippen LogP contribution in [0.1, 0.15) is 11.1 Å². The third-order valence-corrected chi connectivity index (χ3v) is 3.31. The van der Waals surface area contributed by atoms with Gasteiger partial charge in [-0.15, -0.1) is 0 Å². The molecule has 1 N–H and O–H groups in total. The van der Waals surface area contributed by atoms with Gasteiger partial charge >= 0.3 is 0 Å². The lowest BCUT2D eigenvalue weighted by molar-refractivity contribution is 0.291. The van der Waals surface area contributed by atoms with Crippen LogP contribution < -0.4 is 5.32 Å². The molecule has 1 aromatic rings. The monoisotopic (exact) mass is 219 g/mol. The lowest BCUT2D eigenvalue weighted by atomic mass is 9.95. The van der Waals surface area contributed by atoms with E-state index in [1.807, 2.05) is 0 Å². The van der Waals surface area contributed by atoms with Gasteiger partial charge in [-0.3, -0.25) is 0 Å². The van der Waals surface area contributed by atoms with Crippen LogP contribution in [0.25, 0.3) is 0 Å². The summed E-state index contributed by atoms with van der Waals surface area (Å²) in [5, 5.41) is 3.43. The quantitative estimate of drug-likeness (QED) is 0.756. The van der Waals surface area contributed by atoms with Crippen molar-refractivity contribution in [3.8, 4) is 0 Å². The molecule has 0 bridgehead atoms. The van der Waals surface area contributed by atoms with E-state index in [1.165, 1.54) is 11.1 Å². The van der Waals surface area contributed by atoms with Gasteiger partial charge in [0.1, 0.15) is 5.60 Å². The van der Waals surface area contributed by atoms with E-state index in [1.54, 1.807) is 0 Å². The Labute approximate surface area is 95.8 Å². The summed E-state index contributed by atoms with van der Waals surface area (Å²) in [6.07, 6.45) is 0.438. The van der Waals surface area contributed by atoms with Gasteiger partial charge in [-0.05, 0) is 18.1 Å². The SMILES string of the molecule is Cc1ccccc1C1(CNCC2CO2)CO1. The van der Waals surface area contributed by atoms with Gasteiger partial charge in [0.2, 0.25) is 0 Å². The second kappa shape index (κ2) is 3.84. The normalized spacial score (nSPS) is 31.4. The molecule has 2 aliphatic rings. The van der Waals surface area contributed by atoms with Crippen molar-refractivity contribution >= 4 is 0 Å². The number of epoxide rings is 2. The molecular formula is C13H17NO2. The summed E-state index contributed by atoms with van der Waals surface area (Å²) in [6.45, 7) is 5.71. The van der Waals surface area contributed by atoms with Gasteiger partial charge in [0.05, 0.1) is 19.3 Å². The Morgan fingerprint density at radius 1 is 1.44 bits per heavy atom. The average molecular weight is 219 g/mol. The summed E-state index contributed by atoms with van der Waals surface area (Å²) < 4.78 is 10.8. The maximum absolute atomic E-state index is 5.66. The fraction of sp³-hybridized carbons (Fsp3) is 0.538. The van der Waals surface area contributed by atoms with Crippen molar-refractivity contribution in [2.45, 2.75) is 18.6 Å². The maximum Gasteiger partial charge on any atom is 0.129 e. The van der Waals surface area contributed by atoms with E-state index in [9.17, 15) is 0 Å². The van der Waals surface area contributed by atoms with Crippen molar-refractivity contribution in [1.29, 1.82) is 0 Å². The van der Waals surface area contributed by atoms with Crippen molar-refractivity contribution in [1.82, 2.24) is 5.32 Å². The molecule has 0 spiro atoms. The first-order chi connectivity index (χ1) is 7.80. The number of hydrogen-bond donors (Lipinski definition) is 1. The molecule has 2 fully saturated rings. The number of benzene rings is 1. The zero-order chi connectivity index (χ0) is 11.0. The zero-order valence-corrected chi connectivity index (χ0v) is 9.53. The minimum absolute atomic E-state index is 0.0692. The fourth-order valence-corrected chi connectivity index (χ4v) is 2.14. The van der Waals surface area contributed by atoms with E-state index in [-0.39, 0.29) is 5.60 Å². The average Bonchev–Trinajstić information content (AvgIpc) is 3.14. The molecular weight excluding hydrogens is 202 g/mol. The molecule has 3 nitrogen and oxygen atoms in total. The number of rotatable bonds is 5. The Morgan fingerprint density at radius 3 is 2.81 bits per heavy atom. The molecule has 86 valence electrons. The molecule has 0 aliphatic carbocycles. The van der Waals surface area contributed by atoms with Crippen LogP contribution in [0.3, 0.4) is 0 Å². The van der Waals surface area contributed by atoms with E-state index >= 15 is 0 Å². The first-order valence-corrected chi connectivity index (χ1v) is 5.83. The first-order valence-electron chi connectivity index (χ1n) is 5.83. The highest BCUT2D eigenvalue weighted by Gasteiger charge is 2.47. The highest BCUT2D eigenvalue weighted by atomic mass is 16.6. The lowest BCUT2D eigenvalue weighted by Crippen LogP contribution is -2.31. The summed E-state index contributed by atoms with van der Waals surface area (Å²) >= 11 is 0. The molecule has 0 saturated carbocycles. The molecule has 3 heteroatoms. The van der Waals surface area contributed by atoms with Gasteiger partial charge < -0.3 is 14.8 Å². The Hall–Kier alpha value is -0.900. The number of ether oxygens (including phenoxy) is 2. The van der Waals surface area contributed by atoms with Crippen LogP contribution in [-0.4, -0.2) is 32.4 Å². The Kier molecular flexibility index (Phi) is 2.46. The summed E-state index contributed by atoms with van der Waals surface area (Å²) in [6, 6.07) is 8.45. The van der Waals surface area contributed by atoms with E-state index in [4.69, 9.17) is 9.47 Å². The van der Waals surface area contributed by atoms with Gasteiger partial charge in [-0.25, -0.2) is 0 Å². The van der Waals surface area contributed by atoms with Crippen molar-refractivity contribution < 1.29 is 9.47 Å². The van der Waals surface area contributed by atoms with E-state index in [2.05, 4.69) is 36.5 Å².